The van der Waals surface area contributed by atoms with Crippen molar-refractivity contribution in [3.8, 4) is 16.3 Å². The third-order valence-corrected chi connectivity index (χ3v) is 4.72. The first-order valence-corrected chi connectivity index (χ1v) is 9.02. The number of hydrogen-bond acceptors (Lipinski definition) is 4. The van der Waals surface area contributed by atoms with Crippen LogP contribution < -0.4 is 10.1 Å². The molecule has 25 heavy (non-hydrogen) atoms. The molecule has 1 N–H and O–H groups in total. The monoisotopic (exact) mass is 352 g/mol. The van der Waals surface area contributed by atoms with E-state index in [1.165, 1.54) is 0 Å². The molecule has 4 nitrogen and oxygen atoms in total. The summed E-state index contributed by atoms with van der Waals surface area (Å²) in [4.78, 5) is 16.6. The van der Waals surface area contributed by atoms with E-state index in [2.05, 4.69) is 10.3 Å². The molecule has 0 unspecified atom stereocenters. The van der Waals surface area contributed by atoms with Gasteiger partial charge < -0.3 is 10.1 Å². The van der Waals surface area contributed by atoms with Crippen LogP contribution >= 0.6 is 11.3 Å². The van der Waals surface area contributed by atoms with Gasteiger partial charge in [-0.2, -0.15) is 0 Å². The van der Waals surface area contributed by atoms with E-state index in [0.29, 0.717) is 13.0 Å². The Morgan fingerprint density at radius 2 is 2.00 bits per heavy atom. The van der Waals surface area contributed by atoms with Gasteiger partial charge in [-0.15, -0.1) is 11.3 Å². The topological polar surface area (TPSA) is 51.2 Å². The molecule has 0 saturated carbocycles. The van der Waals surface area contributed by atoms with E-state index in [0.717, 1.165) is 34.0 Å². The molecule has 128 valence electrons. The zero-order valence-corrected chi connectivity index (χ0v) is 14.9. The van der Waals surface area contributed by atoms with Gasteiger partial charge in [0.1, 0.15) is 10.8 Å². The fourth-order valence-electron chi connectivity index (χ4n) is 2.48. The van der Waals surface area contributed by atoms with Crippen LogP contribution in [0.5, 0.6) is 5.75 Å². The number of nitrogens with one attached hydrogen (secondary N) is 1. The average molecular weight is 352 g/mol. The Balaban J connectivity index is 1.51. The zero-order valence-electron chi connectivity index (χ0n) is 14.1. The lowest BCUT2D eigenvalue weighted by atomic mass is 10.1. The molecule has 0 fully saturated rings. The number of carbonyl (C=O) groups is 1. The maximum Gasteiger partial charge on any atom is 0.224 e. The zero-order chi connectivity index (χ0) is 17.5. The molecule has 5 heteroatoms. The standard InChI is InChI=1S/C20H20N2O2S/c1-24-18-9-5-8-16(13-18)20-22-17(14-25-20)10-11-21-19(23)12-15-6-3-2-4-7-15/h2-9,13-14H,10-12H2,1H3,(H,21,23). The van der Waals surface area contributed by atoms with Gasteiger partial charge in [0.15, 0.2) is 0 Å². The maximum absolute atomic E-state index is 12.0. The number of amides is 1. The fourth-order valence-corrected chi connectivity index (χ4v) is 3.34. The molecule has 0 aliphatic heterocycles. The second kappa shape index (κ2) is 8.44. The Hall–Kier alpha value is -2.66. The summed E-state index contributed by atoms with van der Waals surface area (Å²) < 4.78 is 5.25. The van der Waals surface area contributed by atoms with Crippen molar-refractivity contribution in [1.29, 1.82) is 0 Å². The van der Waals surface area contributed by atoms with Crippen molar-refractivity contribution >= 4 is 17.2 Å². The van der Waals surface area contributed by atoms with E-state index < -0.39 is 0 Å². The van der Waals surface area contributed by atoms with Crippen molar-refractivity contribution < 1.29 is 9.53 Å². The predicted octanol–water partition coefficient (Wildman–Crippen LogP) is 3.72. The molecule has 3 aromatic rings. The molecule has 0 radical (unpaired) electrons. The van der Waals surface area contributed by atoms with E-state index in [9.17, 15) is 4.79 Å². The molecule has 0 aliphatic carbocycles. The largest absolute Gasteiger partial charge is 0.497 e. The highest BCUT2D eigenvalue weighted by molar-refractivity contribution is 7.13. The van der Waals surface area contributed by atoms with Crippen LogP contribution in [0.3, 0.4) is 0 Å². The first-order valence-electron chi connectivity index (χ1n) is 8.14. The van der Waals surface area contributed by atoms with Crippen LogP contribution in [0.15, 0.2) is 60.0 Å². The lowest BCUT2D eigenvalue weighted by Crippen LogP contribution is -2.27. The Morgan fingerprint density at radius 3 is 2.80 bits per heavy atom. The van der Waals surface area contributed by atoms with Crippen molar-refractivity contribution in [2.24, 2.45) is 0 Å². The van der Waals surface area contributed by atoms with Gasteiger partial charge in [-0.3, -0.25) is 4.79 Å². The summed E-state index contributed by atoms with van der Waals surface area (Å²) >= 11 is 1.60. The molecule has 1 aromatic heterocycles. The van der Waals surface area contributed by atoms with Crippen LogP contribution in [0, 0.1) is 0 Å². The highest BCUT2D eigenvalue weighted by Crippen LogP contribution is 2.26. The summed E-state index contributed by atoms with van der Waals surface area (Å²) in [6, 6.07) is 17.6. The number of nitrogens with zero attached hydrogens (tertiary/aromatic N) is 1. The molecule has 2 aromatic carbocycles. The number of hydrogen-bond donors (Lipinski definition) is 1. The molecule has 0 atom stereocenters. The Morgan fingerprint density at radius 1 is 1.16 bits per heavy atom. The predicted molar refractivity (Wildman–Crippen MR) is 101 cm³/mol. The number of rotatable bonds is 7. The Labute approximate surface area is 151 Å². The number of carbonyl (C=O) groups excluding carboxylic acids is 1. The van der Waals surface area contributed by atoms with Gasteiger partial charge in [0.25, 0.3) is 0 Å². The average Bonchev–Trinajstić information content (AvgIpc) is 3.11. The summed E-state index contributed by atoms with van der Waals surface area (Å²) in [5.74, 6) is 0.858. The number of thiazole rings is 1. The van der Waals surface area contributed by atoms with Gasteiger partial charge in [0.2, 0.25) is 5.91 Å². The first kappa shape index (κ1) is 17.2. The summed E-state index contributed by atoms with van der Waals surface area (Å²) in [6.07, 6.45) is 1.13. The number of aromatic nitrogens is 1. The summed E-state index contributed by atoms with van der Waals surface area (Å²) in [6.45, 7) is 0.590. The lowest BCUT2D eigenvalue weighted by molar-refractivity contribution is -0.120. The van der Waals surface area contributed by atoms with E-state index >= 15 is 0 Å². The third kappa shape index (κ3) is 4.90. The molecule has 0 saturated heterocycles. The van der Waals surface area contributed by atoms with Crippen molar-refractivity contribution in [2.75, 3.05) is 13.7 Å². The molecule has 1 heterocycles. The minimum Gasteiger partial charge on any atom is -0.497 e. The number of methoxy groups -OCH3 is 1. The second-order valence-corrected chi connectivity index (χ2v) is 6.50. The van der Waals surface area contributed by atoms with Crippen LogP contribution in [-0.4, -0.2) is 24.5 Å². The fraction of sp³-hybridized carbons (Fsp3) is 0.200. The second-order valence-electron chi connectivity index (χ2n) is 5.64. The minimum absolute atomic E-state index is 0.0365. The van der Waals surface area contributed by atoms with Crippen LogP contribution in [0.1, 0.15) is 11.3 Å². The quantitative estimate of drug-likeness (QED) is 0.705. The number of ether oxygens (including phenoxy) is 1. The first-order chi connectivity index (χ1) is 12.2. The summed E-state index contributed by atoms with van der Waals surface area (Å²) in [5.41, 5.74) is 3.06. The van der Waals surface area contributed by atoms with E-state index in [1.54, 1.807) is 18.4 Å². The SMILES string of the molecule is COc1cccc(-c2nc(CCNC(=O)Cc3ccccc3)cs2)c1. The van der Waals surface area contributed by atoms with Crippen LogP contribution in [0.4, 0.5) is 0 Å². The summed E-state index contributed by atoms with van der Waals surface area (Å²) in [7, 11) is 1.66. The van der Waals surface area contributed by atoms with Crippen molar-refractivity contribution in [1.82, 2.24) is 10.3 Å². The van der Waals surface area contributed by atoms with Crippen LogP contribution in [0.25, 0.3) is 10.6 Å². The normalized spacial score (nSPS) is 10.4. The molecule has 0 spiro atoms. The van der Waals surface area contributed by atoms with E-state index in [-0.39, 0.29) is 5.91 Å². The molecule has 3 rings (SSSR count). The smallest absolute Gasteiger partial charge is 0.224 e. The molecular formula is C20H20N2O2S. The van der Waals surface area contributed by atoms with E-state index in [4.69, 9.17) is 4.74 Å². The Bertz CT molecular complexity index is 830. The van der Waals surface area contributed by atoms with Crippen molar-refractivity contribution in [2.45, 2.75) is 12.8 Å². The molecule has 0 bridgehead atoms. The van der Waals surface area contributed by atoms with Crippen LogP contribution in [-0.2, 0) is 17.6 Å². The number of benzene rings is 2. The molecular weight excluding hydrogens is 332 g/mol. The van der Waals surface area contributed by atoms with Crippen LogP contribution in [0.2, 0.25) is 0 Å². The van der Waals surface area contributed by atoms with Crippen molar-refractivity contribution in [3.05, 3.63) is 71.2 Å². The van der Waals surface area contributed by atoms with Gasteiger partial charge in [-0.1, -0.05) is 42.5 Å². The highest BCUT2D eigenvalue weighted by atomic mass is 32.1. The Kier molecular flexibility index (Phi) is 5.80. The van der Waals surface area contributed by atoms with Gasteiger partial charge in [0, 0.05) is 23.9 Å². The van der Waals surface area contributed by atoms with Gasteiger partial charge >= 0.3 is 0 Å². The van der Waals surface area contributed by atoms with Gasteiger partial charge in [-0.25, -0.2) is 4.98 Å². The maximum atomic E-state index is 12.0. The van der Waals surface area contributed by atoms with Gasteiger partial charge in [0.05, 0.1) is 19.2 Å². The van der Waals surface area contributed by atoms with Crippen molar-refractivity contribution in [3.63, 3.8) is 0 Å². The minimum atomic E-state index is 0.0365. The van der Waals surface area contributed by atoms with Gasteiger partial charge in [-0.05, 0) is 17.7 Å². The third-order valence-electron chi connectivity index (χ3n) is 3.78. The molecule has 0 aliphatic rings. The highest BCUT2D eigenvalue weighted by Gasteiger charge is 2.07. The summed E-state index contributed by atoms with van der Waals surface area (Å²) in [5, 5.41) is 5.95. The van der Waals surface area contributed by atoms with E-state index in [1.807, 2.05) is 60.0 Å². The lowest BCUT2D eigenvalue weighted by Gasteiger charge is -2.04. The molecule has 1 amide bonds.